The normalized spacial score (nSPS) is 17.4. The van der Waals surface area contributed by atoms with Gasteiger partial charge >= 0.3 is 0 Å². The molecule has 1 heterocycles. The molecule has 4 nitrogen and oxygen atoms in total. The fraction of sp³-hybridized carbons (Fsp3) is 0.467. The molecule has 1 aromatic carbocycles. The molecular formula is C15H18BrClN2O2. The van der Waals surface area contributed by atoms with Crippen LogP contribution in [0, 0.1) is 0 Å². The van der Waals surface area contributed by atoms with Gasteiger partial charge in [0.15, 0.2) is 0 Å². The van der Waals surface area contributed by atoms with Gasteiger partial charge in [-0.25, -0.2) is 0 Å². The van der Waals surface area contributed by atoms with Gasteiger partial charge in [0.1, 0.15) is 5.38 Å². The standard InChI is InChI=1S/C15H18BrClN2O2/c1-10(17)14(20)18-13-6-8-19(9-7-13)15(21)11-2-4-12(16)5-3-11/h2-5,10,13H,6-9H2,1H3,(H,18,20). The topological polar surface area (TPSA) is 49.4 Å². The molecule has 1 aliphatic rings. The molecule has 2 amide bonds. The Hall–Kier alpha value is -1.07. The Morgan fingerprint density at radius 2 is 1.86 bits per heavy atom. The van der Waals surface area contributed by atoms with Crippen LogP contribution in [0.2, 0.25) is 0 Å². The van der Waals surface area contributed by atoms with E-state index in [0.29, 0.717) is 18.7 Å². The van der Waals surface area contributed by atoms with Crippen LogP contribution >= 0.6 is 27.5 Å². The van der Waals surface area contributed by atoms with Crippen LogP contribution in [0.25, 0.3) is 0 Å². The maximum atomic E-state index is 12.4. The summed E-state index contributed by atoms with van der Waals surface area (Å²) in [7, 11) is 0. The Bertz CT molecular complexity index is 511. The summed E-state index contributed by atoms with van der Waals surface area (Å²) < 4.78 is 0.954. The largest absolute Gasteiger partial charge is 0.352 e. The van der Waals surface area contributed by atoms with Gasteiger partial charge in [0.2, 0.25) is 5.91 Å². The van der Waals surface area contributed by atoms with Gasteiger partial charge < -0.3 is 10.2 Å². The van der Waals surface area contributed by atoms with Gasteiger partial charge in [-0.1, -0.05) is 15.9 Å². The number of hydrogen-bond acceptors (Lipinski definition) is 2. The molecule has 1 aliphatic heterocycles. The van der Waals surface area contributed by atoms with Gasteiger partial charge in [-0.3, -0.25) is 9.59 Å². The minimum atomic E-state index is -0.521. The third-order valence-electron chi connectivity index (χ3n) is 3.58. The van der Waals surface area contributed by atoms with Gasteiger partial charge in [0, 0.05) is 29.2 Å². The van der Waals surface area contributed by atoms with Crippen molar-refractivity contribution in [1.82, 2.24) is 10.2 Å². The molecule has 1 aromatic rings. The first kappa shape index (κ1) is 16.3. The molecule has 1 unspecified atom stereocenters. The molecule has 0 radical (unpaired) electrons. The van der Waals surface area contributed by atoms with Crippen molar-refractivity contribution in [1.29, 1.82) is 0 Å². The molecule has 1 saturated heterocycles. The van der Waals surface area contributed by atoms with Crippen molar-refractivity contribution in [2.45, 2.75) is 31.2 Å². The third kappa shape index (κ3) is 4.45. The van der Waals surface area contributed by atoms with Crippen molar-refractivity contribution in [3.05, 3.63) is 34.3 Å². The average Bonchev–Trinajstić information content (AvgIpc) is 2.48. The lowest BCUT2D eigenvalue weighted by Gasteiger charge is -2.32. The molecule has 0 spiro atoms. The van der Waals surface area contributed by atoms with E-state index in [-0.39, 0.29) is 17.9 Å². The van der Waals surface area contributed by atoms with Crippen molar-refractivity contribution >= 4 is 39.3 Å². The van der Waals surface area contributed by atoms with E-state index in [9.17, 15) is 9.59 Å². The lowest BCUT2D eigenvalue weighted by atomic mass is 10.0. The van der Waals surface area contributed by atoms with E-state index in [1.807, 2.05) is 29.2 Å². The third-order valence-corrected chi connectivity index (χ3v) is 4.31. The molecule has 2 rings (SSSR count). The highest BCUT2D eigenvalue weighted by Gasteiger charge is 2.25. The number of benzene rings is 1. The van der Waals surface area contributed by atoms with Crippen molar-refractivity contribution < 1.29 is 9.59 Å². The Morgan fingerprint density at radius 3 is 2.38 bits per heavy atom. The Kier molecular flexibility index (Phi) is 5.65. The summed E-state index contributed by atoms with van der Waals surface area (Å²) in [6.45, 7) is 2.95. The van der Waals surface area contributed by atoms with Crippen LogP contribution < -0.4 is 5.32 Å². The summed E-state index contributed by atoms with van der Waals surface area (Å²) in [5.41, 5.74) is 0.690. The van der Waals surface area contributed by atoms with Crippen LogP contribution in [0.5, 0.6) is 0 Å². The number of alkyl halides is 1. The smallest absolute Gasteiger partial charge is 0.253 e. The molecule has 21 heavy (non-hydrogen) atoms. The van der Waals surface area contributed by atoms with Gasteiger partial charge in [-0.15, -0.1) is 11.6 Å². The van der Waals surface area contributed by atoms with E-state index in [1.165, 1.54) is 0 Å². The summed E-state index contributed by atoms with van der Waals surface area (Å²) >= 11 is 9.10. The molecule has 0 aromatic heterocycles. The molecule has 0 saturated carbocycles. The summed E-state index contributed by atoms with van der Waals surface area (Å²) in [6, 6.07) is 7.46. The van der Waals surface area contributed by atoms with Crippen molar-refractivity contribution in [3.8, 4) is 0 Å². The van der Waals surface area contributed by atoms with Crippen molar-refractivity contribution in [2.24, 2.45) is 0 Å². The molecule has 6 heteroatoms. The summed E-state index contributed by atoms with van der Waals surface area (Å²) in [5, 5.41) is 2.39. The number of carbonyl (C=O) groups is 2. The van der Waals surface area contributed by atoms with E-state index in [4.69, 9.17) is 11.6 Å². The lowest BCUT2D eigenvalue weighted by Crippen LogP contribution is -2.47. The summed E-state index contributed by atoms with van der Waals surface area (Å²) in [6.07, 6.45) is 1.52. The lowest BCUT2D eigenvalue weighted by molar-refractivity contribution is -0.121. The first-order valence-corrected chi connectivity index (χ1v) is 8.19. The number of carbonyl (C=O) groups excluding carboxylic acids is 2. The zero-order valence-electron chi connectivity index (χ0n) is 11.8. The Morgan fingerprint density at radius 1 is 1.29 bits per heavy atom. The highest BCUT2D eigenvalue weighted by atomic mass is 79.9. The van der Waals surface area contributed by atoms with Crippen LogP contribution in [-0.2, 0) is 4.79 Å². The van der Waals surface area contributed by atoms with E-state index in [0.717, 1.165) is 17.3 Å². The van der Waals surface area contributed by atoms with Crippen LogP contribution in [0.4, 0.5) is 0 Å². The van der Waals surface area contributed by atoms with E-state index in [2.05, 4.69) is 21.2 Å². The Balaban J connectivity index is 1.87. The van der Waals surface area contributed by atoms with E-state index >= 15 is 0 Å². The molecule has 0 bridgehead atoms. The van der Waals surface area contributed by atoms with Crippen LogP contribution in [0.3, 0.4) is 0 Å². The molecule has 114 valence electrons. The average molecular weight is 374 g/mol. The van der Waals surface area contributed by atoms with Crippen LogP contribution in [0.1, 0.15) is 30.1 Å². The van der Waals surface area contributed by atoms with E-state index < -0.39 is 5.38 Å². The second kappa shape index (κ2) is 7.27. The Labute approximate surface area is 138 Å². The quantitative estimate of drug-likeness (QED) is 0.828. The van der Waals surface area contributed by atoms with Gasteiger partial charge in [0.05, 0.1) is 0 Å². The maximum Gasteiger partial charge on any atom is 0.253 e. The number of halogens is 2. The van der Waals surface area contributed by atoms with Gasteiger partial charge in [0.25, 0.3) is 5.91 Å². The highest BCUT2D eigenvalue weighted by Crippen LogP contribution is 2.16. The van der Waals surface area contributed by atoms with E-state index in [1.54, 1.807) is 6.92 Å². The molecule has 0 aliphatic carbocycles. The predicted molar refractivity (Wildman–Crippen MR) is 86.5 cm³/mol. The first-order chi connectivity index (χ1) is 9.97. The summed E-state index contributed by atoms with van der Waals surface area (Å²) in [5.74, 6) is -0.104. The number of hydrogen-bond donors (Lipinski definition) is 1. The minimum Gasteiger partial charge on any atom is -0.352 e. The SMILES string of the molecule is CC(Cl)C(=O)NC1CCN(C(=O)c2ccc(Br)cc2)CC1. The molecular weight excluding hydrogens is 356 g/mol. The summed E-state index contributed by atoms with van der Waals surface area (Å²) in [4.78, 5) is 25.7. The minimum absolute atomic E-state index is 0.0398. The molecule has 1 N–H and O–H groups in total. The highest BCUT2D eigenvalue weighted by molar-refractivity contribution is 9.10. The fourth-order valence-electron chi connectivity index (χ4n) is 2.32. The van der Waals surface area contributed by atoms with Gasteiger partial charge in [-0.2, -0.15) is 0 Å². The van der Waals surface area contributed by atoms with Crippen molar-refractivity contribution in [3.63, 3.8) is 0 Å². The van der Waals surface area contributed by atoms with Crippen LogP contribution in [0.15, 0.2) is 28.7 Å². The number of nitrogens with one attached hydrogen (secondary N) is 1. The first-order valence-electron chi connectivity index (χ1n) is 6.96. The zero-order chi connectivity index (χ0) is 15.4. The molecule has 1 atom stereocenters. The molecule has 1 fully saturated rings. The monoisotopic (exact) mass is 372 g/mol. The fourth-order valence-corrected chi connectivity index (χ4v) is 2.65. The number of piperidine rings is 1. The number of amides is 2. The van der Waals surface area contributed by atoms with Gasteiger partial charge in [-0.05, 0) is 44.0 Å². The second-order valence-corrected chi connectivity index (χ2v) is 6.77. The zero-order valence-corrected chi connectivity index (χ0v) is 14.2. The number of likely N-dealkylation sites (tertiary alicyclic amines) is 1. The number of rotatable bonds is 3. The van der Waals surface area contributed by atoms with Crippen LogP contribution in [-0.4, -0.2) is 41.2 Å². The number of nitrogens with zero attached hydrogens (tertiary/aromatic N) is 1. The maximum absolute atomic E-state index is 12.4. The van der Waals surface area contributed by atoms with Crippen molar-refractivity contribution in [2.75, 3.05) is 13.1 Å². The predicted octanol–water partition coefficient (Wildman–Crippen LogP) is 2.80. The second-order valence-electron chi connectivity index (χ2n) is 5.20.